The van der Waals surface area contributed by atoms with Gasteiger partial charge in [-0.1, -0.05) is 32.4 Å². The Morgan fingerprint density at radius 1 is 1.12 bits per heavy atom. The van der Waals surface area contributed by atoms with Crippen LogP contribution in [0.5, 0.6) is 5.75 Å². The van der Waals surface area contributed by atoms with E-state index in [9.17, 15) is 13.2 Å². The van der Waals surface area contributed by atoms with Gasteiger partial charge in [0.2, 0.25) is 10.0 Å². The minimum atomic E-state index is -3.51. The summed E-state index contributed by atoms with van der Waals surface area (Å²) in [5.41, 5.74) is 0.981. The normalized spacial score (nSPS) is 15.1. The second kappa shape index (κ2) is 11.6. The Labute approximate surface area is 201 Å². The summed E-state index contributed by atoms with van der Waals surface area (Å²) in [5.74, 6) is 0.681. The SMILES string of the molecule is CCCCOc1ccccc1C(=O)NC(=S)Nc1ccc(S(=O)(=O)N2CCC(C)CC2)cc1. The average Bonchev–Trinajstić information content (AvgIpc) is 2.80. The first kappa shape index (κ1) is 25.1. The van der Waals surface area contributed by atoms with E-state index >= 15 is 0 Å². The van der Waals surface area contributed by atoms with Gasteiger partial charge in [-0.3, -0.25) is 10.1 Å². The number of anilines is 1. The second-order valence-electron chi connectivity index (χ2n) is 8.22. The molecule has 1 saturated heterocycles. The number of amides is 1. The molecule has 0 atom stereocenters. The van der Waals surface area contributed by atoms with Crippen LogP contribution in [-0.2, 0) is 10.0 Å². The zero-order valence-corrected chi connectivity index (χ0v) is 20.7. The van der Waals surface area contributed by atoms with E-state index in [2.05, 4.69) is 24.5 Å². The van der Waals surface area contributed by atoms with Crippen LogP contribution in [0, 0.1) is 5.92 Å². The summed E-state index contributed by atoms with van der Waals surface area (Å²) in [6.45, 7) is 5.84. The smallest absolute Gasteiger partial charge is 0.261 e. The van der Waals surface area contributed by atoms with Gasteiger partial charge in [0.1, 0.15) is 5.75 Å². The van der Waals surface area contributed by atoms with Crippen molar-refractivity contribution in [2.45, 2.75) is 44.4 Å². The third-order valence-electron chi connectivity index (χ3n) is 5.61. The van der Waals surface area contributed by atoms with Gasteiger partial charge in [0.15, 0.2) is 5.11 Å². The Kier molecular flexibility index (Phi) is 8.82. The number of piperidine rings is 1. The molecule has 1 fully saturated rings. The molecule has 0 aromatic heterocycles. The van der Waals surface area contributed by atoms with E-state index in [1.54, 1.807) is 46.8 Å². The molecule has 1 heterocycles. The number of rotatable bonds is 8. The molecule has 9 heteroatoms. The highest BCUT2D eigenvalue weighted by Crippen LogP contribution is 2.24. The molecule has 1 aliphatic rings. The largest absolute Gasteiger partial charge is 0.493 e. The number of unbranched alkanes of at least 4 members (excludes halogenated alkanes) is 1. The summed E-state index contributed by atoms with van der Waals surface area (Å²) in [4.78, 5) is 12.9. The lowest BCUT2D eigenvalue weighted by Gasteiger charge is -2.29. The minimum absolute atomic E-state index is 0.115. The number of ether oxygens (including phenoxy) is 1. The first-order chi connectivity index (χ1) is 15.8. The number of carbonyl (C=O) groups is 1. The first-order valence-electron chi connectivity index (χ1n) is 11.3. The van der Waals surface area contributed by atoms with Crippen molar-refractivity contribution in [3.8, 4) is 5.75 Å². The average molecular weight is 490 g/mol. The first-order valence-corrected chi connectivity index (χ1v) is 13.1. The number of thiocarbonyl (C=S) groups is 1. The molecule has 2 N–H and O–H groups in total. The van der Waals surface area contributed by atoms with Crippen LogP contribution in [0.2, 0.25) is 0 Å². The molecule has 0 radical (unpaired) electrons. The lowest BCUT2D eigenvalue weighted by molar-refractivity contribution is 0.0973. The summed E-state index contributed by atoms with van der Waals surface area (Å²) in [7, 11) is -3.51. The molecular formula is C24H31N3O4S2. The van der Waals surface area contributed by atoms with Crippen molar-refractivity contribution < 1.29 is 17.9 Å². The van der Waals surface area contributed by atoms with Crippen LogP contribution in [0.15, 0.2) is 53.4 Å². The van der Waals surface area contributed by atoms with Crippen molar-refractivity contribution in [3.05, 3.63) is 54.1 Å². The third kappa shape index (κ3) is 6.75. The molecule has 3 rings (SSSR count). The Hall–Kier alpha value is -2.49. The van der Waals surface area contributed by atoms with Gasteiger partial charge in [-0.2, -0.15) is 4.31 Å². The van der Waals surface area contributed by atoms with E-state index in [-0.39, 0.29) is 15.9 Å². The van der Waals surface area contributed by atoms with Crippen molar-refractivity contribution in [2.24, 2.45) is 5.92 Å². The van der Waals surface area contributed by atoms with E-state index in [0.29, 0.717) is 42.6 Å². The molecule has 0 bridgehead atoms. The van der Waals surface area contributed by atoms with Gasteiger partial charge in [0, 0.05) is 18.8 Å². The molecule has 0 spiro atoms. The monoisotopic (exact) mass is 489 g/mol. The van der Waals surface area contributed by atoms with Crippen molar-refractivity contribution in [3.63, 3.8) is 0 Å². The molecule has 0 aliphatic carbocycles. The highest BCUT2D eigenvalue weighted by Gasteiger charge is 2.27. The standard InChI is InChI=1S/C24H31N3O4S2/c1-3-4-17-31-22-8-6-5-7-21(22)23(28)26-24(32)25-19-9-11-20(12-10-19)33(29,30)27-15-13-18(2)14-16-27/h5-12,18H,3-4,13-17H2,1-2H3,(H2,25,26,28,32). The lowest BCUT2D eigenvalue weighted by Crippen LogP contribution is -2.37. The fraction of sp³-hybridized carbons (Fsp3) is 0.417. The number of sulfonamides is 1. The van der Waals surface area contributed by atoms with Crippen LogP contribution in [0.25, 0.3) is 0 Å². The number of benzene rings is 2. The lowest BCUT2D eigenvalue weighted by atomic mass is 10.0. The van der Waals surface area contributed by atoms with Crippen LogP contribution in [0.4, 0.5) is 5.69 Å². The van der Waals surface area contributed by atoms with Crippen LogP contribution < -0.4 is 15.4 Å². The van der Waals surface area contributed by atoms with Gasteiger partial charge in [0.25, 0.3) is 5.91 Å². The molecule has 33 heavy (non-hydrogen) atoms. The van der Waals surface area contributed by atoms with Crippen LogP contribution in [0.3, 0.4) is 0 Å². The van der Waals surface area contributed by atoms with Crippen molar-refractivity contribution >= 4 is 38.9 Å². The van der Waals surface area contributed by atoms with E-state index in [1.807, 2.05) is 6.07 Å². The highest BCUT2D eigenvalue weighted by atomic mass is 32.2. The molecule has 0 unspecified atom stereocenters. The maximum Gasteiger partial charge on any atom is 0.261 e. The molecule has 178 valence electrons. The summed E-state index contributed by atoms with van der Waals surface area (Å²) in [6.07, 6.45) is 3.65. The van der Waals surface area contributed by atoms with E-state index in [1.165, 1.54) is 0 Å². The maximum absolute atomic E-state index is 12.9. The van der Waals surface area contributed by atoms with Crippen LogP contribution in [0.1, 0.15) is 49.9 Å². The molecule has 1 amide bonds. The summed E-state index contributed by atoms with van der Waals surface area (Å²) in [6, 6.07) is 13.4. The number of nitrogens with one attached hydrogen (secondary N) is 2. The topological polar surface area (TPSA) is 87.7 Å². The molecule has 2 aromatic carbocycles. The summed E-state index contributed by atoms with van der Waals surface area (Å²) < 4.78 is 33.0. The van der Waals surface area contributed by atoms with Gasteiger partial charge >= 0.3 is 0 Å². The van der Waals surface area contributed by atoms with Gasteiger partial charge in [0.05, 0.1) is 17.1 Å². The number of carbonyl (C=O) groups excluding carboxylic acids is 1. The van der Waals surface area contributed by atoms with E-state index in [0.717, 1.165) is 25.7 Å². The van der Waals surface area contributed by atoms with Gasteiger partial charge in [-0.15, -0.1) is 0 Å². The van der Waals surface area contributed by atoms with Crippen molar-refractivity contribution in [1.82, 2.24) is 9.62 Å². The minimum Gasteiger partial charge on any atom is -0.493 e. The molecular weight excluding hydrogens is 458 g/mol. The van der Waals surface area contributed by atoms with E-state index < -0.39 is 10.0 Å². The fourth-order valence-corrected chi connectivity index (χ4v) is 5.20. The zero-order chi connectivity index (χ0) is 23.8. The van der Waals surface area contributed by atoms with Gasteiger partial charge in [-0.05, 0) is 73.8 Å². The van der Waals surface area contributed by atoms with Crippen molar-refractivity contribution in [2.75, 3.05) is 25.0 Å². The molecule has 2 aromatic rings. The molecule has 1 aliphatic heterocycles. The van der Waals surface area contributed by atoms with Crippen LogP contribution >= 0.6 is 12.2 Å². The number of hydrogen-bond acceptors (Lipinski definition) is 5. The molecule has 0 saturated carbocycles. The van der Waals surface area contributed by atoms with Gasteiger partial charge < -0.3 is 10.1 Å². The number of nitrogens with zero attached hydrogens (tertiary/aromatic N) is 1. The predicted molar refractivity (Wildman–Crippen MR) is 134 cm³/mol. The quantitative estimate of drug-likeness (QED) is 0.422. The number of para-hydroxylation sites is 1. The maximum atomic E-state index is 12.9. The number of hydrogen-bond donors (Lipinski definition) is 2. The highest BCUT2D eigenvalue weighted by molar-refractivity contribution is 7.89. The Morgan fingerprint density at radius 3 is 2.45 bits per heavy atom. The second-order valence-corrected chi connectivity index (χ2v) is 10.6. The summed E-state index contributed by atoms with van der Waals surface area (Å²) in [5, 5.41) is 5.69. The van der Waals surface area contributed by atoms with E-state index in [4.69, 9.17) is 17.0 Å². The van der Waals surface area contributed by atoms with Crippen LogP contribution in [-0.4, -0.2) is 43.4 Å². The van der Waals surface area contributed by atoms with Gasteiger partial charge in [-0.25, -0.2) is 8.42 Å². The Morgan fingerprint density at radius 2 is 1.79 bits per heavy atom. The predicted octanol–water partition coefficient (Wildman–Crippen LogP) is 4.41. The summed E-state index contributed by atoms with van der Waals surface area (Å²) >= 11 is 5.27. The van der Waals surface area contributed by atoms with Crippen molar-refractivity contribution in [1.29, 1.82) is 0 Å². The molecule has 7 nitrogen and oxygen atoms in total. The fourth-order valence-electron chi connectivity index (χ4n) is 3.52. The Bertz CT molecular complexity index is 1060. The Balaban J connectivity index is 1.59. The zero-order valence-electron chi connectivity index (χ0n) is 19.0. The third-order valence-corrected chi connectivity index (χ3v) is 7.72.